The fourth-order valence-corrected chi connectivity index (χ4v) is 1.14. The predicted molar refractivity (Wildman–Crippen MR) is 64.2 cm³/mol. The molecule has 0 fully saturated rings. The lowest BCUT2D eigenvalue weighted by molar-refractivity contribution is -0.136. The SMILES string of the molecule is C/C(C(=O)O)=C(/CC(=O)NCCN(C)C)C(=O)O. The van der Waals surface area contributed by atoms with Crippen LogP contribution in [0, 0.1) is 0 Å². The monoisotopic (exact) mass is 258 g/mol. The molecule has 0 rings (SSSR count). The lowest BCUT2D eigenvalue weighted by Crippen LogP contribution is -2.32. The first-order chi connectivity index (χ1) is 8.25. The molecule has 0 spiro atoms. The van der Waals surface area contributed by atoms with Gasteiger partial charge in [-0.05, 0) is 21.0 Å². The lowest BCUT2D eigenvalue weighted by atomic mass is 10.1. The van der Waals surface area contributed by atoms with Crippen LogP contribution in [0.15, 0.2) is 11.1 Å². The normalized spacial score (nSPS) is 12.0. The Morgan fingerprint density at radius 3 is 2.06 bits per heavy atom. The van der Waals surface area contributed by atoms with Gasteiger partial charge in [0.1, 0.15) is 0 Å². The van der Waals surface area contributed by atoms with E-state index in [1.807, 2.05) is 19.0 Å². The van der Waals surface area contributed by atoms with E-state index in [1.54, 1.807) is 0 Å². The van der Waals surface area contributed by atoms with E-state index in [0.717, 1.165) is 0 Å². The molecule has 102 valence electrons. The van der Waals surface area contributed by atoms with Gasteiger partial charge >= 0.3 is 11.9 Å². The Hall–Kier alpha value is -1.89. The summed E-state index contributed by atoms with van der Waals surface area (Å²) in [5.74, 6) is -3.24. The van der Waals surface area contributed by atoms with Crippen LogP contribution in [0.4, 0.5) is 0 Å². The highest BCUT2D eigenvalue weighted by atomic mass is 16.4. The van der Waals surface area contributed by atoms with Crippen LogP contribution in [0.25, 0.3) is 0 Å². The van der Waals surface area contributed by atoms with Crippen molar-refractivity contribution < 1.29 is 24.6 Å². The minimum absolute atomic E-state index is 0.328. The van der Waals surface area contributed by atoms with Crippen LogP contribution >= 0.6 is 0 Å². The van der Waals surface area contributed by atoms with Crippen molar-refractivity contribution in [3.63, 3.8) is 0 Å². The van der Waals surface area contributed by atoms with Crippen LogP contribution in [-0.4, -0.2) is 60.1 Å². The third kappa shape index (κ3) is 6.00. The molecule has 18 heavy (non-hydrogen) atoms. The number of hydrogen-bond donors (Lipinski definition) is 3. The Morgan fingerprint density at radius 1 is 1.11 bits per heavy atom. The zero-order valence-electron chi connectivity index (χ0n) is 10.7. The maximum Gasteiger partial charge on any atom is 0.332 e. The Bertz CT molecular complexity index is 374. The Labute approximate surface area is 105 Å². The molecule has 0 aliphatic carbocycles. The zero-order valence-corrected chi connectivity index (χ0v) is 10.7. The number of likely N-dealkylation sites (N-methyl/N-ethyl adjacent to an activating group) is 1. The van der Waals surface area contributed by atoms with Crippen LogP contribution < -0.4 is 5.32 Å². The van der Waals surface area contributed by atoms with Crippen molar-refractivity contribution in [2.45, 2.75) is 13.3 Å². The summed E-state index contributed by atoms with van der Waals surface area (Å²) in [5.41, 5.74) is -0.727. The molecule has 0 aliphatic heterocycles. The highest BCUT2D eigenvalue weighted by molar-refractivity contribution is 6.01. The van der Waals surface area contributed by atoms with Crippen molar-refractivity contribution >= 4 is 17.8 Å². The van der Waals surface area contributed by atoms with Gasteiger partial charge in [-0.3, -0.25) is 4.79 Å². The Morgan fingerprint density at radius 2 is 1.67 bits per heavy atom. The van der Waals surface area contributed by atoms with Crippen LogP contribution in [0.2, 0.25) is 0 Å². The molecular formula is C11H18N2O5. The van der Waals surface area contributed by atoms with Gasteiger partial charge in [-0.1, -0.05) is 0 Å². The van der Waals surface area contributed by atoms with Crippen molar-refractivity contribution in [2.24, 2.45) is 0 Å². The number of carbonyl (C=O) groups excluding carboxylic acids is 1. The van der Waals surface area contributed by atoms with Gasteiger partial charge in [0.05, 0.1) is 12.0 Å². The van der Waals surface area contributed by atoms with Crippen LogP contribution in [-0.2, 0) is 14.4 Å². The van der Waals surface area contributed by atoms with Gasteiger partial charge in [0, 0.05) is 18.7 Å². The van der Waals surface area contributed by atoms with Crippen LogP contribution in [0.3, 0.4) is 0 Å². The van der Waals surface area contributed by atoms with Crippen molar-refractivity contribution in [2.75, 3.05) is 27.2 Å². The molecule has 1 amide bonds. The zero-order chi connectivity index (χ0) is 14.3. The standard InChI is InChI=1S/C11H18N2O5/c1-7(10(15)16)8(11(17)18)6-9(14)12-4-5-13(2)3/h4-6H2,1-3H3,(H,12,14)(H,15,16)(H,17,18)/b8-7+. The van der Waals surface area contributed by atoms with E-state index >= 15 is 0 Å². The molecule has 7 nitrogen and oxygen atoms in total. The van der Waals surface area contributed by atoms with Gasteiger partial charge in [0.15, 0.2) is 0 Å². The maximum atomic E-state index is 11.4. The van der Waals surface area contributed by atoms with E-state index in [1.165, 1.54) is 6.92 Å². The first-order valence-electron chi connectivity index (χ1n) is 5.33. The molecule has 0 saturated carbocycles. The number of amides is 1. The number of nitrogens with one attached hydrogen (secondary N) is 1. The highest BCUT2D eigenvalue weighted by Gasteiger charge is 2.19. The van der Waals surface area contributed by atoms with Crippen molar-refractivity contribution in [1.29, 1.82) is 0 Å². The average molecular weight is 258 g/mol. The van der Waals surface area contributed by atoms with E-state index in [2.05, 4.69) is 5.32 Å². The third-order valence-corrected chi connectivity index (χ3v) is 2.25. The molecule has 0 aromatic carbocycles. The number of hydrogen-bond acceptors (Lipinski definition) is 4. The minimum Gasteiger partial charge on any atom is -0.478 e. The molecule has 0 atom stereocenters. The number of aliphatic carboxylic acids is 2. The van der Waals surface area contributed by atoms with Gasteiger partial charge < -0.3 is 20.4 Å². The van der Waals surface area contributed by atoms with Crippen LogP contribution in [0.1, 0.15) is 13.3 Å². The van der Waals surface area contributed by atoms with Gasteiger partial charge in [-0.25, -0.2) is 9.59 Å². The number of carbonyl (C=O) groups is 3. The molecular weight excluding hydrogens is 240 g/mol. The molecule has 0 saturated heterocycles. The molecule has 0 aliphatic rings. The number of rotatable bonds is 7. The van der Waals surface area contributed by atoms with Crippen molar-refractivity contribution in [1.82, 2.24) is 10.2 Å². The molecule has 3 N–H and O–H groups in total. The summed E-state index contributed by atoms with van der Waals surface area (Å²) in [7, 11) is 3.67. The molecule has 0 unspecified atom stereocenters. The molecule has 7 heteroatoms. The predicted octanol–water partition coefficient (Wildman–Crippen LogP) is -0.460. The largest absolute Gasteiger partial charge is 0.478 e. The van der Waals surface area contributed by atoms with Crippen molar-refractivity contribution in [3.05, 3.63) is 11.1 Å². The number of nitrogens with zero attached hydrogens (tertiary/aromatic N) is 1. The summed E-state index contributed by atoms with van der Waals surface area (Å²) in [6.45, 7) is 2.17. The summed E-state index contributed by atoms with van der Waals surface area (Å²) in [6.07, 6.45) is -0.444. The minimum atomic E-state index is -1.39. The summed E-state index contributed by atoms with van der Waals surface area (Å²) in [5, 5.41) is 20.1. The second kappa shape index (κ2) is 7.44. The summed E-state index contributed by atoms with van der Waals surface area (Å²) >= 11 is 0. The number of carboxylic acid groups (broad SMARTS) is 2. The van der Waals surface area contributed by atoms with Crippen LogP contribution in [0.5, 0.6) is 0 Å². The molecule has 0 aromatic rings. The van der Waals surface area contributed by atoms with E-state index < -0.39 is 29.8 Å². The maximum absolute atomic E-state index is 11.4. The quantitative estimate of drug-likeness (QED) is 0.533. The second-order valence-corrected chi connectivity index (χ2v) is 4.04. The second-order valence-electron chi connectivity index (χ2n) is 4.04. The lowest BCUT2D eigenvalue weighted by Gasteiger charge is -2.11. The summed E-state index contributed by atoms with van der Waals surface area (Å²) < 4.78 is 0. The van der Waals surface area contributed by atoms with Gasteiger partial charge in [-0.15, -0.1) is 0 Å². The first-order valence-corrected chi connectivity index (χ1v) is 5.33. The smallest absolute Gasteiger partial charge is 0.332 e. The van der Waals surface area contributed by atoms with E-state index in [0.29, 0.717) is 13.1 Å². The van der Waals surface area contributed by atoms with Gasteiger partial charge in [0.2, 0.25) is 5.91 Å². The molecule has 0 heterocycles. The number of carboxylic acids is 2. The van der Waals surface area contributed by atoms with Crippen molar-refractivity contribution in [3.8, 4) is 0 Å². The van der Waals surface area contributed by atoms with E-state index in [9.17, 15) is 14.4 Å². The summed E-state index contributed by atoms with van der Waals surface area (Å²) in [4.78, 5) is 34.8. The Balaban J connectivity index is 4.54. The highest BCUT2D eigenvalue weighted by Crippen LogP contribution is 2.09. The topological polar surface area (TPSA) is 107 Å². The fraction of sp³-hybridized carbons (Fsp3) is 0.545. The summed E-state index contributed by atoms with van der Waals surface area (Å²) in [6, 6.07) is 0. The van der Waals surface area contributed by atoms with E-state index in [-0.39, 0.29) is 5.57 Å². The first kappa shape index (κ1) is 16.1. The fourth-order valence-electron chi connectivity index (χ4n) is 1.14. The third-order valence-electron chi connectivity index (χ3n) is 2.25. The Kier molecular flexibility index (Phi) is 6.66. The van der Waals surface area contributed by atoms with E-state index in [4.69, 9.17) is 10.2 Å². The molecule has 0 aromatic heterocycles. The van der Waals surface area contributed by atoms with Gasteiger partial charge in [0.25, 0.3) is 0 Å². The average Bonchev–Trinajstić information content (AvgIpc) is 2.23. The molecule has 0 bridgehead atoms. The molecule has 0 radical (unpaired) electrons. The van der Waals surface area contributed by atoms with Gasteiger partial charge in [-0.2, -0.15) is 0 Å².